The van der Waals surface area contributed by atoms with E-state index in [4.69, 9.17) is 16.6 Å². The number of imide groups is 2. The molecule has 0 bridgehead atoms. The second kappa shape index (κ2) is 12.1. The van der Waals surface area contributed by atoms with E-state index in [1.807, 2.05) is 48.3 Å². The molecule has 1 saturated carbocycles. The van der Waals surface area contributed by atoms with Crippen molar-refractivity contribution in [1.29, 1.82) is 0 Å². The molecule has 3 aromatic carbocycles. The van der Waals surface area contributed by atoms with Crippen molar-refractivity contribution in [3.63, 3.8) is 0 Å². The van der Waals surface area contributed by atoms with Gasteiger partial charge >= 0.3 is 0 Å². The van der Waals surface area contributed by atoms with Crippen LogP contribution in [0.5, 0.6) is 0 Å². The first kappa shape index (κ1) is 32.0. The molecule has 2 N–H and O–H groups in total. The number of fused-ring (bicyclic) bond motifs is 5. The highest BCUT2D eigenvalue weighted by molar-refractivity contribution is 6.30. The Labute approximate surface area is 302 Å². The lowest BCUT2D eigenvalue weighted by molar-refractivity contribution is -0.136. The highest BCUT2D eigenvalue weighted by atomic mass is 35.5. The number of nitrogens with zero attached hydrogens (tertiary/aromatic N) is 7. The van der Waals surface area contributed by atoms with E-state index in [1.54, 1.807) is 18.2 Å². The molecule has 2 fully saturated rings. The number of halogens is 1. The van der Waals surface area contributed by atoms with Gasteiger partial charge in [-0.1, -0.05) is 35.9 Å². The molecule has 5 aromatic rings. The Hall–Kier alpha value is -5.95. The number of piperidine rings is 1. The van der Waals surface area contributed by atoms with Crippen LogP contribution < -0.4 is 10.6 Å². The predicted molar refractivity (Wildman–Crippen MR) is 192 cm³/mol. The minimum Gasteiger partial charge on any atom is -0.384 e. The smallest absolute Gasteiger partial charge is 0.264 e. The molecular weight excluding hydrogens is 682 g/mol. The summed E-state index contributed by atoms with van der Waals surface area (Å²) in [6.07, 6.45) is 6.53. The average Bonchev–Trinajstić information content (AvgIpc) is 3.48. The first-order valence-corrected chi connectivity index (χ1v) is 17.6. The number of amides is 4. The topological polar surface area (TPSA) is 156 Å². The molecular formula is C38H32ClN9O4. The fourth-order valence-electron chi connectivity index (χ4n) is 7.42. The number of aliphatic imine (C=N–C) groups is 1. The minimum absolute atomic E-state index is 0.0691. The first-order chi connectivity index (χ1) is 25.2. The molecule has 1 saturated heterocycles. The number of anilines is 1. The van der Waals surface area contributed by atoms with Crippen molar-refractivity contribution in [2.75, 3.05) is 11.9 Å². The second-order valence-corrected chi connectivity index (χ2v) is 14.0. The van der Waals surface area contributed by atoms with Crippen LogP contribution in [0.3, 0.4) is 0 Å². The Morgan fingerprint density at radius 1 is 0.942 bits per heavy atom. The fourth-order valence-corrected chi connectivity index (χ4v) is 7.55. The molecule has 1 atom stereocenters. The Morgan fingerprint density at radius 3 is 2.54 bits per heavy atom. The molecule has 4 aliphatic rings. The summed E-state index contributed by atoms with van der Waals surface area (Å²) in [4.78, 5) is 57.1. The van der Waals surface area contributed by atoms with E-state index in [1.165, 1.54) is 0 Å². The molecule has 3 aliphatic heterocycles. The number of hydrogen-bond acceptors (Lipinski definition) is 9. The minimum atomic E-state index is -1.01. The normalized spacial score (nSPS) is 18.5. The van der Waals surface area contributed by atoms with E-state index in [9.17, 15) is 19.2 Å². The maximum atomic E-state index is 13.4. The van der Waals surface area contributed by atoms with Crippen molar-refractivity contribution >= 4 is 46.6 Å². The van der Waals surface area contributed by atoms with Crippen LogP contribution in [0.1, 0.15) is 75.6 Å². The van der Waals surface area contributed by atoms with E-state index in [0.717, 1.165) is 63.0 Å². The number of rotatable bonds is 8. The summed E-state index contributed by atoms with van der Waals surface area (Å²) in [6.45, 7) is 3.08. The molecule has 2 aromatic heterocycles. The van der Waals surface area contributed by atoms with E-state index >= 15 is 0 Å². The molecule has 9 rings (SSSR count). The highest BCUT2D eigenvalue weighted by Crippen LogP contribution is 2.52. The van der Waals surface area contributed by atoms with Gasteiger partial charge in [0, 0.05) is 53.1 Å². The van der Waals surface area contributed by atoms with Crippen LogP contribution in [0.15, 0.2) is 78.0 Å². The van der Waals surface area contributed by atoms with E-state index in [2.05, 4.69) is 48.7 Å². The van der Waals surface area contributed by atoms with Gasteiger partial charge in [-0.2, -0.15) is 5.10 Å². The summed E-state index contributed by atoms with van der Waals surface area (Å²) in [5.74, 6) is -0.433. The third-order valence-electron chi connectivity index (χ3n) is 10.2. The number of benzene rings is 3. The lowest BCUT2D eigenvalue weighted by atomic mass is 9.96. The van der Waals surface area contributed by atoms with Gasteiger partial charge in [-0.3, -0.25) is 43.6 Å². The molecule has 1 aliphatic carbocycles. The van der Waals surface area contributed by atoms with E-state index in [-0.39, 0.29) is 24.0 Å². The van der Waals surface area contributed by atoms with Crippen LogP contribution in [0.2, 0.25) is 5.02 Å². The molecule has 260 valence electrons. The standard InChI is InChI=1S/C38H32ClN9O4/c1-21-44-45-37-38(14-15-38)43-33(22-6-9-25(39)10-7-22)27-18-23(8-11-29(27)47(21)37)24-19-41-46(20-24)17-3-16-40-28-5-2-4-26-32(28)36(52)48(35(26)51)30-12-13-31(49)42-34(30)50/h2,4-11,18-20,30,40H,3,12-17H2,1H3,(H,42,49,50). The van der Waals surface area contributed by atoms with Gasteiger partial charge in [0.15, 0.2) is 5.82 Å². The molecule has 14 heteroatoms. The van der Waals surface area contributed by atoms with Gasteiger partial charge in [-0.15, -0.1) is 10.2 Å². The summed E-state index contributed by atoms with van der Waals surface area (Å²) in [5.41, 5.74) is 6.37. The zero-order chi connectivity index (χ0) is 35.7. The lowest BCUT2D eigenvalue weighted by Gasteiger charge is -2.27. The Morgan fingerprint density at radius 2 is 1.75 bits per heavy atom. The molecule has 1 spiro atoms. The average molecular weight is 714 g/mol. The Bertz CT molecular complexity index is 2370. The highest BCUT2D eigenvalue weighted by Gasteiger charge is 2.51. The van der Waals surface area contributed by atoms with Crippen molar-refractivity contribution in [3.05, 3.63) is 112 Å². The van der Waals surface area contributed by atoms with Crippen LogP contribution in [-0.2, 0) is 21.7 Å². The Balaban J connectivity index is 0.925. The molecule has 0 radical (unpaired) electrons. The van der Waals surface area contributed by atoms with Crippen molar-refractivity contribution in [2.24, 2.45) is 4.99 Å². The van der Waals surface area contributed by atoms with Crippen LogP contribution in [0, 0.1) is 6.92 Å². The maximum absolute atomic E-state index is 13.4. The van der Waals surface area contributed by atoms with Crippen LogP contribution in [0.25, 0.3) is 16.8 Å². The fraction of sp³-hybridized carbons (Fsp3) is 0.263. The monoisotopic (exact) mass is 713 g/mol. The predicted octanol–water partition coefficient (Wildman–Crippen LogP) is 4.84. The number of nitrogens with one attached hydrogen (secondary N) is 2. The molecule has 5 heterocycles. The number of hydrogen-bond donors (Lipinski definition) is 2. The van der Waals surface area contributed by atoms with Gasteiger partial charge in [0.1, 0.15) is 17.4 Å². The number of carbonyl (C=O) groups excluding carboxylic acids is 4. The summed E-state index contributed by atoms with van der Waals surface area (Å²) in [7, 11) is 0. The van der Waals surface area contributed by atoms with E-state index < -0.39 is 35.2 Å². The summed E-state index contributed by atoms with van der Waals surface area (Å²) >= 11 is 6.26. The largest absolute Gasteiger partial charge is 0.384 e. The summed E-state index contributed by atoms with van der Waals surface area (Å²) in [5, 5.41) is 19.8. The molecule has 4 amide bonds. The van der Waals surface area contributed by atoms with Gasteiger partial charge in [-0.05, 0) is 74.6 Å². The zero-order valence-corrected chi connectivity index (χ0v) is 28.9. The number of carbonyl (C=O) groups is 4. The number of aromatic nitrogens is 5. The van der Waals surface area contributed by atoms with Gasteiger partial charge in [0.05, 0.1) is 28.7 Å². The number of aryl methyl sites for hydroxylation is 2. The van der Waals surface area contributed by atoms with Crippen molar-refractivity contribution in [2.45, 2.75) is 57.2 Å². The van der Waals surface area contributed by atoms with Crippen molar-refractivity contribution in [1.82, 2.24) is 34.8 Å². The third kappa shape index (κ3) is 5.22. The zero-order valence-electron chi connectivity index (χ0n) is 28.1. The second-order valence-electron chi connectivity index (χ2n) is 13.6. The lowest BCUT2D eigenvalue weighted by Crippen LogP contribution is -2.54. The maximum Gasteiger partial charge on any atom is 0.264 e. The van der Waals surface area contributed by atoms with Crippen molar-refractivity contribution in [3.8, 4) is 16.8 Å². The molecule has 13 nitrogen and oxygen atoms in total. The van der Waals surface area contributed by atoms with Crippen LogP contribution in [-0.4, -0.2) is 71.4 Å². The van der Waals surface area contributed by atoms with Gasteiger partial charge < -0.3 is 5.32 Å². The van der Waals surface area contributed by atoms with Crippen molar-refractivity contribution < 1.29 is 19.2 Å². The van der Waals surface area contributed by atoms with E-state index in [0.29, 0.717) is 30.2 Å². The SMILES string of the molecule is Cc1nnc2n1-c1ccc(-c3cnn(CCCNc4cccc5c4C(=O)N(C4CCC(=O)NC4=O)C5=O)c3)cc1C(c1ccc(Cl)cc1)=NC21CC1. The van der Waals surface area contributed by atoms with Crippen LogP contribution in [0.4, 0.5) is 5.69 Å². The van der Waals surface area contributed by atoms with Gasteiger partial charge in [-0.25, -0.2) is 0 Å². The first-order valence-electron chi connectivity index (χ1n) is 17.3. The summed E-state index contributed by atoms with van der Waals surface area (Å²) in [6, 6.07) is 18.2. The third-order valence-corrected chi connectivity index (χ3v) is 10.5. The van der Waals surface area contributed by atoms with Gasteiger partial charge in [0.25, 0.3) is 11.8 Å². The molecule has 52 heavy (non-hydrogen) atoms. The van der Waals surface area contributed by atoms with Crippen LogP contribution >= 0.6 is 11.6 Å². The summed E-state index contributed by atoms with van der Waals surface area (Å²) < 4.78 is 4.01. The molecule has 1 unspecified atom stereocenters. The van der Waals surface area contributed by atoms with Gasteiger partial charge in [0.2, 0.25) is 11.8 Å². The quantitative estimate of drug-likeness (QED) is 0.171. The Kier molecular flexibility index (Phi) is 7.43.